The largest absolute Gasteiger partial charge is 0.471 e. The minimum Gasteiger partial charge on any atom is -0.347 e. The molecule has 0 saturated heterocycles. The Hall–Kier alpha value is -0.650. The lowest BCUT2D eigenvalue weighted by molar-refractivity contribution is -0.173. The van der Waals surface area contributed by atoms with Crippen LogP contribution in [0, 0.1) is 0 Å². The average Bonchev–Trinajstić information content (AvgIpc) is 2.02. The highest BCUT2D eigenvalue weighted by Crippen LogP contribution is 2.13. The van der Waals surface area contributed by atoms with E-state index in [1.807, 2.05) is 0 Å². The summed E-state index contributed by atoms with van der Waals surface area (Å²) in [6.07, 6.45) is -3.13. The predicted octanol–water partition coefficient (Wildman–Crippen LogP) is 1.58. The summed E-state index contributed by atoms with van der Waals surface area (Å²) in [6, 6.07) is 0. The zero-order valence-electron chi connectivity index (χ0n) is 6.86. The third-order valence-corrected chi connectivity index (χ3v) is 1.99. The van der Waals surface area contributed by atoms with Gasteiger partial charge < -0.3 is 5.32 Å². The van der Waals surface area contributed by atoms with E-state index in [2.05, 4.69) is 6.58 Å². The Kier molecular flexibility index (Phi) is 5.61. The molecule has 1 amide bonds. The van der Waals surface area contributed by atoms with Crippen LogP contribution in [0.5, 0.6) is 0 Å². The van der Waals surface area contributed by atoms with Crippen molar-refractivity contribution < 1.29 is 18.0 Å². The zero-order valence-corrected chi connectivity index (χ0v) is 7.67. The number of hydrogen-bond donors (Lipinski definition) is 1. The minimum absolute atomic E-state index is 0.0247. The van der Waals surface area contributed by atoms with Gasteiger partial charge in [0.1, 0.15) is 0 Å². The molecule has 0 aliphatic rings. The van der Waals surface area contributed by atoms with Gasteiger partial charge in [0.15, 0.2) is 0 Å². The van der Waals surface area contributed by atoms with Crippen LogP contribution in [0.2, 0.25) is 0 Å². The van der Waals surface area contributed by atoms with Crippen LogP contribution in [-0.2, 0) is 4.79 Å². The number of hydrogen-bond acceptors (Lipinski definition) is 2. The molecule has 0 aromatic carbocycles. The Bertz CT molecular complexity index is 181. The summed E-state index contributed by atoms with van der Waals surface area (Å²) in [5.74, 6) is -0.762. The summed E-state index contributed by atoms with van der Waals surface area (Å²) >= 11 is 1.41. The highest BCUT2D eigenvalue weighted by molar-refractivity contribution is 7.99. The van der Waals surface area contributed by atoms with Crippen molar-refractivity contribution in [1.29, 1.82) is 0 Å². The van der Waals surface area contributed by atoms with Crippen LogP contribution in [0.1, 0.15) is 0 Å². The van der Waals surface area contributed by atoms with E-state index < -0.39 is 12.1 Å². The smallest absolute Gasteiger partial charge is 0.347 e. The van der Waals surface area contributed by atoms with Gasteiger partial charge in [-0.2, -0.15) is 24.9 Å². The molecule has 0 heterocycles. The molecule has 0 atom stereocenters. The van der Waals surface area contributed by atoms with Crippen molar-refractivity contribution in [2.75, 3.05) is 18.1 Å². The van der Waals surface area contributed by atoms with Gasteiger partial charge in [0.2, 0.25) is 0 Å². The summed E-state index contributed by atoms with van der Waals surface area (Å²) in [7, 11) is 0. The van der Waals surface area contributed by atoms with Crippen LogP contribution in [-0.4, -0.2) is 30.1 Å². The maximum Gasteiger partial charge on any atom is 0.471 e. The molecular weight excluding hydrogens is 203 g/mol. The number of halogens is 3. The summed E-state index contributed by atoms with van der Waals surface area (Å²) in [6.45, 7) is 3.47. The van der Waals surface area contributed by atoms with Gasteiger partial charge in [-0.1, -0.05) is 6.08 Å². The van der Waals surface area contributed by atoms with Crippen LogP contribution in [0.3, 0.4) is 0 Å². The minimum atomic E-state index is -4.77. The highest BCUT2D eigenvalue weighted by atomic mass is 32.2. The lowest BCUT2D eigenvalue weighted by atomic mass is 10.5. The van der Waals surface area contributed by atoms with Gasteiger partial charge in [0.05, 0.1) is 0 Å². The van der Waals surface area contributed by atoms with E-state index in [0.29, 0.717) is 11.5 Å². The third-order valence-electron chi connectivity index (χ3n) is 1.03. The Morgan fingerprint density at radius 3 is 2.62 bits per heavy atom. The molecule has 0 spiro atoms. The van der Waals surface area contributed by atoms with E-state index in [4.69, 9.17) is 0 Å². The molecule has 0 aromatic rings. The van der Waals surface area contributed by atoms with Crippen molar-refractivity contribution in [3.63, 3.8) is 0 Å². The van der Waals surface area contributed by atoms with Crippen LogP contribution in [0.4, 0.5) is 13.2 Å². The Morgan fingerprint density at radius 1 is 1.54 bits per heavy atom. The molecule has 2 nitrogen and oxygen atoms in total. The number of amides is 1. The molecule has 0 saturated carbocycles. The van der Waals surface area contributed by atoms with Crippen LogP contribution in [0.15, 0.2) is 12.7 Å². The average molecular weight is 213 g/mol. The van der Waals surface area contributed by atoms with E-state index in [9.17, 15) is 18.0 Å². The van der Waals surface area contributed by atoms with Crippen molar-refractivity contribution >= 4 is 17.7 Å². The molecule has 0 rings (SSSR count). The number of alkyl halides is 3. The fourth-order valence-corrected chi connectivity index (χ4v) is 1.08. The molecule has 0 aliphatic heterocycles. The zero-order chi connectivity index (χ0) is 10.3. The lowest BCUT2D eigenvalue weighted by Gasteiger charge is -2.06. The first kappa shape index (κ1) is 12.3. The van der Waals surface area contributed by atoms with Crippen LogP contribution < -0.4 is 5.32 Å². The summed E-state index contributed by atoms with van der Waals surface area (Å²) in [5.41, 5.74) is 0. The number of nitrogens with one attached hydrogen (secondary N) is 1. The Labute approximate surface area is 78.6 Å². The summed E-state index contributed by atoms with van der Waals surface area (Å²) in [5, 5.41) is 1.76. The van der Waals surface area contributed by atoms with Crippen LogP contribution in [0.25, 0.3) is 0 Å². The van der Waals surface area contributed by atoms with E-state index >= 15 is 0 Å². The first-order valence-electron chi connectivity index (χ1n) is 3.52. The first-order valence-corrected chi connectivity index (χ1v) is 4.67. The molecular formula is C7H10F3NOS. The molecule has 76 valence electrons. The summed E-state index contributed by atoms with van der Waals surface area (Å²) in [4.78, 5) is 10.2. The van der Waals surface area contributed by atoms with Gasteiger partial charge >= 0.3 is 12.1 Å². The van der Waals surface area contributed by atoms with Gasteiger partial charge in [-0.3, -0.25) is 4.79 Å². The van der Waals surface area contributed by atoms with Crippen LogP contribution >= 0.6 is 11.8 Å². The maximum atomic E-state index is 11.6. The molecule has 0 aromatic heterocycles. The Balaban J connectivity index is 3.43. The topological polar surface area (TPSA) is 29.1 Å². The molecule has 13 heavy (non-hydrogen) atoms. The third kappa shape index (κ3) is 6.51. The maximum absolute atomic E-state index is 11.6. The molecule has 0 bridgehead atoms. The fourth-order valence-electron chi connectivity index (χ4n) is 0.504. The lowest BCUT2D eigenvalue weighted by Crippen LogP contribution is -2.37. The fraction of sp³-hybridized carbons (Fsp3) is 0.571. The van der Waals surface area contributed by atoms with Gasteiger partial charge in [0, 0.05) is 18.1 Å². The molecule has 6 heteroatoms. The second kappa shape index (κ2) is 5.90. The number of thioether (sulfide) groups is 1. The van der Waals surface area contributed by atoms with Gasteiger partial charge in [-0.25, -0.2) is 0 Å². The van der Waals surface area contributed by atoms with Crippen molar-refractivity contribution in [2.24, 2.45) is 0 Å². The summed E-state index contributed by atoms with van der Waals surface area (Å²) < 4.78 is 34.8. The molecule has 0 radical (unpaired) electrons. The Morgan fingerprint density at radius 2 is 2.15 bits per heavy atom. The van der Waals surface area contributed by atoms with E-state index in [1.54, 1.807) is 11.4 Å². The number of carbonyl (C=O) groups is 1. The van der Waals surface area contributed by atoms with E-state index in [1.165, 1.54) is 11.8 Å². The second-order valence-electron chi connectivity index (χ2n) is 2.12. The van der Waals surface area contributed by atoms with Gasteiger partial charge in [0.25, 0.3) is 0 Å². The SMILES string of the molecule is C=CCSCCNC(=O)C(F)(F)F. The normalized spacial score (nSPS) is 11.0. The van der Waals surface area contributed by atoms with Crippen molar-refractivity contribution in [2.45, 2.75) is 6.18 Å². The van der Waals surface area contributed by atoms with E-state index in [-0.39, 0.29) is 6.54 Å². The van der Waals surface area contributed by atoms with Crippen molar-refractivity contribution in [1.82, 2.24) is 5.32 Å². The quantitative estimate of drug-likeness (QED) is 0.555. The highest BCUT2D eigenvalue weighted by Gasteiger charge is 2.38. The van der Waals surface area contributed by atoms with E-state index in [0.717, 1.165) is 0 Å². The molecule has 1 N–H and O–H groups in total. The second-order valence-corrected chi connectivity index (χ2v) is 3.27. The first-order chi connectivity index (χ1) is 5.98. The number of rotatable bonds is 5. The molecule has 0 unspecified atom stereocenters. The molecule has 0 aliphatic carbocycles. The van der Waals surface area contributed by atoms with Gasteiger partial charge in [-0.05, 0) is 0 Å². The standard InChI is InChI=1S/C7H10F3NOS/c1-2-4-13-5-3-11-6(12)7(8,9)10/h2H,1,3-5H2,(H,11,12). The van der Waals surface area contributed by atoms with Crippen molar-refractivity contribution in [3.8, 4) is 0 Å². The predicted molar refractivity (Wildman–Crippen MR) is 46.6 cm³/mol. The molecule has 0 fully saturated rings. The van der Waals surface area contributed by atoms with Crippen molar-refractivity contribution in [3.05, 3.63) is 12.7 Å². The monoisotopic (exact) mass is 213 g/mol. The van der Waals surface area contributed by atoms with Gasteiger partial charge in [-0.15, -0.1) is 6.58 Å². The number of carbonyl (C=O) groups excluding carboxylic acids is 1.